The zero-order valence-electron chi connectivity index (χ0n) is 15.3. The van der Waals surface area contributed by atoms with Crippen LogP contribution in [-0.4, -0.2) is 29.9 Å². The summed E-state index contributed by atoms with van der Waals surface area (Å²) in [7, 11) is -4.03. The first-order valence-electron chi connectivity index (χ1n) is 9.07. The van der Waals surface area contributed by atoms with Crippen molar-refractivity contribution >= 4 is 10.1 Å². The van der Waals surface area contributed by atoms with Crippen LogP contribution in [0.4, 0.5) is 0 Å². The third-order valence-corrected chi connectivity index (χ3v) is 4.86. The van der Waals surface area contributed by atoms with Crippen molar-refractivity contribution in [3.8, 4) is 0 Å². The fourth-order valence-corrected chi connectivity index (χ4v) is 3.23. The van der Waals surface area contributed by atoms with Crippen molar-refractivity contribution < 1.29 is 47.6 Å². The Morgan fingerprint density at radius 2 is 1.17 bits per heavy atom. The molecule has 23 heavy (non-hydrogen) atoms. The maximum Gasteiger partial charge on any atom is 1.00 e. The van der Waals surface area contributed by atoms with Crippen LogP contribution in [0.25, 0.3) is 0 Å². The molecule has 0 heterocycles. The van der Waals surface area contributed by atoms with Crippen LogP contribution in [0.1, 0.15) is 96.8 Å². The van der Waals surface area contributed by atoms with Crippen LogP contribution in [0, 0.1) is 0 Å². The molecule has 4 nitrogen and oxygen atoms in total. The first-order chi connectivity index (χ1) is 10.5. The summed E-state index contributed by atoms with van der Waals surface area (Å²) in [6.45, 7) is 2.22. The Kier molecular flexibility index (Phi) is 20.1. The van der Waals surface area contributed by atoms with Crippen molar-refractivity contribution in [2.75, 3.05) is 5.75 Å². The van der Waals surface area contributed by atoms with E-state index in [4.69, 9.17) is 0 Å². The predicted octanol–water partition coefficient (Wildman–Crippen LogP) is 1.38. The summed E-state index contributed by atoms with van der Waals surface area (Å²) in [4.78, 5) is 0. The third-order valence-electron chi connectivity index (χ3n) is 4.07. The Balaban J connectivity index is 0. The Morgan fingerprint density at radius 3 is 1.61 bits per heavy atom. The molecule has 0 aliphatic heterocycles. The van der Waals surface area contributed by atoms with Gasteiger partial charge in [0.15, 0.2) is 0 Å². The summed E-state index contributed by atoms with van der Waals surface area (Å²) < 4.78 is 31.3. The van der Waals surface area contributed by atoms with Crippen LogP contribution in [0.15, 0.2) is 0 Å². The van der Waals surface area contributed by atoms with Crippen molar-refractivity contribution in [3.05, 3.63) is 0 Å². The minimum atomic E-state index is -4.03. The fourth-order valence-electron chi connectivity index (χ4n) is 2.67. The van der Waals surface area contributed by atoms with Gasteiger partial charge in [-0.2, -0.15) is 0 Å². The van der Waals surface area contributed by atoms with Crippen LogP contribution in [0.3, 0.4) is 0 Å². The topological polar surface area (TPSA) is 77.4 Å². The molecule has 0 aromatic carbocycles. The molecule has 0 aromatic rings. The normalized spacial score (nSPS) is 12.8. The predicted molar refractivity (Wildman–Crippen MR) is 90.9 cm³/mol. The standard InChI is InChI=1S/C17H36O4S.Na/c1-2-3-4-5-8-11-14-17(18)15-12-9-6-7-10-13-16-22(19,20)21;/h17-18H,2-16H2,1H3,(H,19,20,21);/q;+1/p-1. The van der Waals surface area contributed by atoms with E-state index in [0.717, 1.165) is 51.4 Å². The van der Waals surface area contributed by atoms with Gasteiger partial charge in [0.2, 0.25) is 0 Å². The monoisotopic (exact) mass is 358 g/mol. The molecular formula is C17H35NaO4S. The van der Waals surface area contributed by atoms with Gasteiger partial charge in [0, 0.05) is 5.75 Å². The summed E-state index contributed by atoms with van der Waals surface area (Å²) in [5, 5.41) is 9.88. The van der Waals surface area contributed by atoms with Gasteiger partial charge in [0.1, 0.15) is 0 Å². The number of unbranched alkanes of at least 4 members (excludes halogenated alkanes) is 10. The third kappa shape index (κ3) is 22.9. The van der Waals surface area contributed by atoms with Crippen LogP contribution in [-0.2, 0) is 10.1 Å². The van der Waals surface area contributed by atoms with Gasteiger partial charge < -0.3 is 9.66 Å². The summed E-state index contributed by atoms with van der Waals surface area (Å²) in [5.74, 6) is -0.232. The van der Waals surface area contributed by atoms with E-state index >= 15 is 0 Å². The molecular weight excluding hydrogens is 323 g/mol. The molecule has 1 unspecified atom stereocenters. The first kappa shape index (κ1) is 26.1. The molecule has 0 rings (SSSR count). The van der Waals surface area contributed by atoms with Crippen molar-refractivity contribution in [2.45, 2.75) is 103 Å². The van der Waals surface area contributed by atoms with E-state index in [-0.39, 0.29) is 41.4 Å². The fraction of sp³-hybridized carbons (Fsp3) is 1.00. The summed E-state index contributed by atoms with van der Waals surface area (Å²) >= 11 is 0. The minimum Gasteiger partial charge on any atom is -0.748 e. The van der Waals surface area contributed by atoms with E-state index in [2.05, 4.69) is 6.92 Å². The smallest absolute Gasteiger partial charge is 0.748 e. The Hall–Kier alpha value is 0.870. The molecule has 1 atom stereocenters. The second-order valence-electron chi connectivity index (χ2n) is 6.38. The molecule has 0 saturated carbocycles. The van der Waals surface area contributed by atoms with Crippen LogP contribution in [0.5, 0.6) is 0 Å². The Labute approximate surface area is 165 Å². The van der Waals surface area contributed by atoms with Crippen molar-refractivity contribution in [1.82, 2.24) is 0 Å². The maximum absolute atomic E-state index is 10.4. The molecule has 0 fully saturated rings. The molecule has 134 valence electrons. The molecule has 0 aliphatic carbocycles. The van der Waals surface area contributed by atoms with Gasteiger partial charge >= 0.3 is 29.6 Å². The van der Waals surface area contributed by atoms with E-state index in [0.29, 0.717) is 6.42 Å². The molecule has 0 aromatic heterocycles. The molecule has 6 heteroatoms. The molecule has 0 aliphatic rings. The molecule has 0 saturated heterocycles. The van der Waals surface area contributed by atoms with E-state index in [1.54, 1.807) is 0 Å². The Bertz CT molecular complexity index is 333. The number of aliphatic hydroxyl groups is 1. The zero-order valence-corrected chi connectivity index (χ0v) is 18.1. The second-order valence-corrected chi connectivity index (χ2v) is 7.91. The quantitative estimate of drug-likeness (QED) is 0.257. The van der Waals surface area contributed by atoms with Gasteiger partial charge in [-0.05, 0) is 19.3 Å². The Morgan fingerprint density at radius 1 is 0.783 bits per heavy atom. The van der Waals surface area contributed by atoms with Crippen LogP contribution >= 0.6 is 0 Å². The van der Waals surface area contributed by atoms with Gasteiger partial charge in [-0.3, -0.25) is 0 Å². The first-order valence-corrected chi connectivity index (χ1v) is 10.6. The number of rotatable bonds is 16. The summed E-state index contributed by atoms with van der Waals surface area (Å²) in [6, 6.07) is 0. The van der Waals surface area contributed by atoms with Crippen molar-refractivity contribution in [2.24, 2.45) is 0 Å². The maximum atomic E-state index is 10.4. The molecule has 0 bridgehead atoms. The second kappa shape index (κ2) is 17.7. The molecule has 0 amide bonds. The van der Waals surface area contributed by atoms with Crippen molar-refractivity contribution in [1.29, 1.82) is 0 Å². The van der Waals surface area contributed by atoms with Crippen LogP contribution < -0.4 is 29.6 Å². The molecule has 0 spiro atoms. The average molecular weight is 359 g/mol. The van der Waals surface area contributed by atoms with Gasteiger partial charge in [0.25, 0.3) is 0 Å². The molecule has 1 N–H and O–H groups in total. The van der Waals surface area contributed by atoms with Crippen LogP contribution in [0.2, 0.25) is 0 Å². The average Bonchev–Trinajstić information content (AvgIpc) is 2.44. The molecule has 0 radical (unpaired) electrons. The summed E-state index contributed by atoms with van der Waals surface area (Å²) in [6.07, 6.45) is 14.7. The van der Waals surface area contributed by atoms with Gasteiger partial charge in [-0.1, -0.05) is 77.6 Å². The number of hydrogen-bond donors (Lipinski definition) is 1. The number of aliphatic hydroxyl groups excluding tert-OH is 1. The van der Waals surface area contributed by atoms with E-state index < -0.39 is 10.1 Å². The van der Waals surface area contributed by atoms with Gasteiger partial charge in [0.05, 0.1) is 16.2 Å². The SMILES string of the molecule is CCCCCCCCC(O)CCCCCCCCS(=O)(=O)[O-].[Na+]. The minimum absolute atomic E-state index is 0. The van der Waals surface area contributed by atoms with E-state index in [9.17, 15) is 18.1 Å². The zero-order chi connectivity index (χ0) is 16.7. The largest absolute Gasteiger partial charge is 1.00 e. The van der Waals surface area contributed by atoms with Crippen molar-refractivity contribution in [3.63, 3.8) is 0 Å². The number of hydrogen-bond acceptors (Lipinski definition) is 4. The van der Waals surface area contributed by atoms with E-state index in [1.165, 1.54) is 32.1 Å². The van der Waals surface area contributed by atoms with E-state index in [1.807, 2.05) is 0 Å². The summed E-state index contributed by atoms with van der Waals surface area (Å²) in [5.41, 5.74) is 0. The van der Waals surface area contributed by atoms with Gasteiger partial charge in [-0.25, -0.2) is 8.42 Å². The van der Waals surface area contributed by atoms with Gasteiger partial charge in [-0.15, -0.1) is 0 Å².